The highest BCUT2D eigenvalue weighted by Crippen LogP contribution is 2.54. The van der Waals surface area contributed by atoms with Crippen molar-refractivity contribution in [3.8, 4) is 5.88 Å². The van der Waals surface area contributed by atoms with Gasteiger partial charge in [0.1, 0.15) is 0 Å². The zero-order chi connectivity index (χ0) is 12.0. The molecule has 3 rings (SSSR count). The van der Waals surface area contributed by atoms with Gasteiger partial charge in [0.25, 0.3) is 0 Å². The molecule has 2 fully saturated rings. The van der Waals surface area contributed by atoms with Gasteiger partial charge in [0, 0.05) is 19.0 Å². The normalized spacial score (nSPS) is 29.9. The van der Waals surface area contributed by atoms with E-state index >= 15 is 0 Å². The summed E-state index contributed by atoms with van der Waals surface area (Å²) in [4.78, 5) is 12.0. The largest absolute Gasteiger partial charge is 0.481 e. The van der Waals surface area contributed by atoms with Gasteiger partial charge in [0.2, 0.25) is 11.8 Å². The van der Waals surface area contributed by atoms with Gasteiger partial charge in [0.15, 0.2) is 5.82 Å². The van der Waals surface area contributed by atoms with Gasteiger partial charge in [-0.25, -0.2) is 4.68 Å². The first-order chi connectivity index (χ1) is 8.17. The molecule has 2 atom stereocenters. The number of fused-ring (bicyclic) bond motifs is 1. The predicted octanol–water partition coefficient (Wildman–Crippen LogP) is 1.41. The highest BCUT2D eigenvalue weighted by molar-refractivity contribution is 5.92. The number of methoxy groups -OCH3 is 1. The van der Waals surface area contributed by atoms with Crippen LogP contribution in [0.1, 0.15) is 19.3 Å². The van der Waals surface area contributed by atoms with Crippen molar-refractivity contribution in [3.05, 3.63) is 6.07 Å². The van der Waals surface area contributed by atoms with E-state index in [1.54, 1.807) is 24.9 Å². The number of anilines is 1. The van der Waals surface area contributed by atoms with Gasteiger partial charge in [-0.1, -0.05) is 0 Å². The van der Waals surface area contributed by atoms with E-state index < -0.39 is 0 Å². The molecule has 0 radical (unpaired) electrons. The number of nitrogens with one attached hydrogen (secondary N) is 1. The van der Waals surface area contributed by atoms with Crippen LogP contribution < -0.4 is 10.1 Å². The Morgan fingerprint density at radius 1 is 1.47 bits per heavy atom. The predicted molar refractivity (Wildman–Crippen MR) is 62.7 cm³/mol. The number of aromatic nitrogens is 2. The van der Waals surface area contributed by atoms with E-state index in [-0.39, 0.29) is 11.8 Å². The summed E-state index contributed by atoms with van der Waals surface area (Å²) in [5.41, 5.74) is 0. The zero-order valence-electron chi connectivity index (χ0n) is 10.1. The molecule has 5 nitrogen and oxygen atoms in total. The molecule has 2 aliphatic rings. The third-order valence-corrected chi connectivity index (χ3v) is 3.91. The minimum atomic E-state index is 0.109. The lowest BCUT2D eigenvalue weighted by Gasteiger charge is -2.10. The fourth-order valence-corrected chi connectivity index (χ4v) is 2.86. The first kappa shape index (κ1) is 10.6. The van der Waals surface area contributed by atoms with Crippen molar-refractivity contribution in [2.24, 2.45) is 24.8 Å². The highest BCUT2D eigenvalue weighted by Gasteiger charge is 2.48. The maximum absolute atomic E-state index is 12.0. The molecular formula is C12H17N3O2. The van der Waals surface area contributed by atoms with Gasteiger partial charge in [-0.15, -0.1) is 0 Å². The molecule has 0 aliphatic heterocycles. The summed E-state index contributed by atoms with van der Waals surface area (Å²) in [5, 5.41) is 7.05. The molecule has 1 heterocycles. The average molecular weight is 235 g/mol. The Balaban J connectivity index is 1.63. The molecule has 1 aromatic rings. The summed E-state index contributed by atoms with van der Waals surface area (Å²) in [7, 11) is 3.38. The highest BCUT2D eigenvalue weighted by atomic mass is 16.5. The van der Waals surface area contributed by atoms with E-state index in [1.165, 1.54) is 6.42 Å². The molecule has 5 heteroatoms. The van der Waals surface area contributed by atoms with Crippen LogP contribution in [0.5, 0.6) is 5.88 Å². The summed E-state index contributed by atoms with van der Waals surface area (Å²) in [6.07, 6.45) is 3.45. The summed E-state index contributed by atoms with van der Waals surface area (Å²) < 4.78 is 6.72. The Bertz CT molecular complexity index is 445. The quantitative estimate of drug-likeness (QED) is 0.861. The van der Waals surface area contributed by atoms with Crippen molar-refractivity contribution in [1.82, 2.24) is 9.78 Å². The van der Waals surface area contributed by atoms with Gasteiger partial charge >= 0.3 is 0 Å². The van der Waals surface area contributed by atoms with E-state index in [9.17, 15) is 4.79 Å². The molecule has 1 N–H and O–H groups in total. The Labute approximate surface area is 100 Å². The number of nitrogens with zero attached hydrogens (tertiary/aromatic N) is 2. The first-order valence-electron chi connectivity index (χ1n) is 6.06. The van der Waals surface area contributed by atoms with E-state index in [0.717, 1.165) is 24.7 Å². The van der Waals surface area contributed by atoms with Crippen LogP contribution in [0.4, 0.5) is 5.82 Å². The van der Waals surface area contributed by atoms with Crippen molar-refractivity contribution < 1.29 is 9.53 Å². The number of hydrogen-bond acceptors (Lipinski definition) is 3. The molecule has 17 heavy (non-hydrogen) atoms. The summed E-state index contributed by atoms with van der Waals surface area (Å²) >= 11 is 0. The lowest BCUT2D eigenvalue weighted by atomic mass is 10.0. The van der Waals surface area contributed by atoms with Crippen molar-refractivity contribution in [1.29, 1.82) is 0 Å². The number of rotatable bonds is 3. The molecular weight excluding hydrogens is 218 g/mol. The standard InChI is InChI=1S/C12H17N3O2/c1-15-11(17-2)6-10(14-15)13-12(16)9-4-7-3-8(7)5-9/h6-9H,3-5H2,1-2H3,(H,13,14,16). The molecule has 2 saturated carbocycles. The van der Waals surface area contributed by atoms with Crippen LogP contribution in [-0.2, 0) is 11.8 Å². The Morgan fingerprint density at radius 2 is 2.18 bits per heavy atom. The first-order valence-corrected chi connectivity index (χ1v) is 6.06. The number of hydrogen-bond donors (Lipinski definition) is 1. The lowest BCUT2D eigenvalue weighted by molar-refractivity contribution is -0.120. The minimum absolute atomic E-state index is 0.109. The number of carbonyl (C=O) groups excluding carboxylic acids is 1. The second-order valence-electron chi connectivity index (χ2n) is 5.11. The van der Waals surface area contributed by atoms with E-state index in [0.29, 0.717) is 11.7 Å². The number of amides is 1. The van der Waals surface area contributed by atoms with E-state index in [2.05, 4.69) is 10.4 Å². The Morgan fingerprint density at radius 3 is 2.76 bits per heavy atom. The molecule has 0 bridgehead atoms. The number of ether oxygens (including phenoxy) is 1. The van der Waals surface area contributed by atoms with E-state index in [1.807, 2.05) is 0 Å². The second kappa shape index (κ2) is 3.75. The molecule has 0 spiro atoms. The molecule has 1 amide bonds. The van der Waals surface area contributed by atoms with Gasteiger partial charge in [-0.05, 0) is 31.1 Å². The maximum Gasteiger partial charge on any atom is 0.228 e. The van der Waals surface area contributed by atoms with Crippen LogP contribution >= 0.6 is 0 Å². The molecule has 2 aliphatic carbocycles. The Kier molecular flexibility index (Phi) is 2.34. The fourth-order valence-electron chi connectivity index (χ4n) is 2.86. The third kappa shape index (κ3) is 1.90. The smallest absolute Gasteiger partial charge is 0.228 e. The van der Waals surface area contributed by atoms with Crippen molar-refractivity contribution >= 4 is 11.7 Å². The second-order valence-corrected chi connectivity index (χ2v) is 5.11. The van der Waals surface area contributed by atoms with E-state index in [4.69, 9.17) is 4.74 Å². The van der Waals surface area contributed by atoms with Crippen LogP contribution in [0.2, 0.25) is 0 Å². The van der Waals surface area contributed by atoms with Crippen LogP contribution in [-0.4, -0.2) is 22.8 Å². The molecule has 92 valence electrons. The monoisotopic (exact) mass is 235 g/mol. The molecule has 1 aromatic heterocycles. The van der Waals surface area contributed by atoms with Crippen LogP contribution in [0.3, 0.4) is 0 Å². The maximum atomic E-state index is 12.0. The minimum Gasteiger partial charge on any atom is -0.481 e. The van der Waals surface area contributed by atoms with Crippen LogP contribution in [0, 0.1) is 17.8 Å². The van der Waals surface area contributed by atoms with Gasteiger partial charge < -0.3 is 10.1 Å². The fraction of sp³-hybridized carbons (Fsp3) is 0.667. The zero-order valence-corrected chi connectivity index (χ0v) is 10.1. The SMILES string of the molecule is COc1cc(NC(=O)C2CC3CC3C2)nn1C. The van der Waals surface area contributed by atoms with Gasteiger partial charge in [-0.3, -0.25) is 4.79 Å². The number of carbonyl (C=O) groups is 1. The number of aryl methyl sites for hydroxylation is 1. The van der Waals surface area contributed by atoms with Crippen LogP contribution in [0.25, 0.3) is 0 Å². The average Bonchev–Trinajstić information content (AvgIpc) is 2.75. The van der Waals surface area contributed by atoms with Crippen molar-refractivity contribution in [2.45, 2.75) is 19.3 Å². The molecule has 2 unspecified atom stereocenters. The molecule has 0 aromatic carbocycles. The summed E-state index contributed by atoms with van der Waals surface area (Å²) in [5.74, 6) is 3.17. The molecule has 0 saturated heterocycles. The third-order valence-electron chi connectivity index (χ3n) is 3.91. The lowest BCUT2D eigenvalue weighted by Crippen LogP contribution is -2.21. The Hall–Kier alpha value is -1.52. The topological polar surface area (TPSA) is 56.1 Å². The van der Waals surface area contributed by atoms with Crippen molar-refractivity contribution in [2.75, 3.05) is 12.4 Å². The van der Waals surface area contributed by atoms with Gasteiger partial charge in [0.05, 0.1) is 7.11 Å². The van der Waals surface area contributed by atoms with Gasteiger partial charge in [-0.2, -0.15) is 5.10 Å². The van der Waals surface area contributed by atoms with Crippen molar-refractivity contribution in [3.63, 3.8) is 0 Å². The van der Waals surface area contributed by atoms with Crippen LogP contribution in [0.15, 0.2) is 6.07 Å². The summed E-state index contributed by atoms with van der Waals surface area (Å²) in [6.45, 7) is 0. The summed E-state index contributed by atoms with van der Waals surface area (Å²) in [6, 6.07) is 1.74.